The summed E-state index contributed by atoms with van der Waals surface area (Å²) in [6, 6.07) is 11.4. The van der Waals surface area contributed by atoms with Crippen molar-refractivity contribution in [3.63, 3.8) is 0 Å². The molecule has 2 aliphatic heterocycles. The number of fused-ring (bicyclic) bond motifs is 1. The maximum absolute atomic E-state index is 12.5. The number of carbonyl (C=O) groups is 4. The molecule has 4 N–H and O–H groups in total. The molecule has 32 heavy (non-hydrogen) atoms. The van der Waals surface area contributed by atoms with Crippen LogP contribution >= 0.6 is 0 Å². The van der Waals surface area contributed by atoms with Crippen molar-refractivity contribution in [2.45, 2.75) is 19.6 Å². The summed E-state index contributed by atoms with van der Waals surface area (Å²) in [7, 11) is 0. The monoisotopic (exact) mass is 437 g/mol. The lowest BCUT2D eigenvalue weighted by Crippen LogP contribution is -2.49. The molecule has 0 aliphatic carbocycles. The second-order valence-electron chi connectivity index (χ2n) is 7.54. The fraction of sp³-hybridized carbons (Fsp3) is 0.273. The molecule has 1 saturated heterocycles. The number of ether oxygens (including phenoxy) is 1. The predicted molar refractivity (Wildman–Crippen MR) is 116 cm³/mol. The lowest BCUT2D eigenvalue weighted by Gasteiger charge is -2.26. The van der Waals surface area contributed by atoms with E-state index in [2.05, 4.69) is 21.3 Å². The summed E-state index contributed by atoms with van der Waals surface area (Å²) in [6.45, 7) is 2.90. The van der Waals surface area contributed by atoms with Crippen molar-refractivity contribution in [1.82, 2.24) is 15.5 Å². The number of nitrogens with one attached hydrogen (secondary N) is 4. The highest BCUT2D eigenvalue weighted by Gasteiger charge is 2.24. The van der Waals surface area contributed by atoms with Crippen molar-refractivity contribution >= 4 is 35.1 Å². The Morgan fingerprint density at radius 2 is 1.94 bits per heavy atom. The van der Waals surface area contributed by atoms with Crippen molar-refractivity contribution in [1.29, 1.82) is 0 Å². The van der Waals surface area contributed by atoms with Crippen LogP contribution in [0.15, 0.2) is 42.5 Å². The first kappa shape index (κ1) is 21.2. The summed E-state index contributed by atoms with van der Waals surface area (Å²) in [5.74, 6) is -0.0674. The Bertz CT molecular complexity index is 1070. The van der Waals surface area contributed by atoms with Crippen LogP contribution in [0.4, 0.5) is 16.2 Å². The highest BCUT2D eigenvalue weighted by atomic mass is 16.5. The van der Waals surface area contributed by atoms with E-state index in [0.717, 1.165) is 5.56 Å². The number of anilines is 2. The lowest BCUT2D eigenvalue weighted by atomic mass is 10.1. The van der Waals surface area contributed by atoms with Crippen LogP contribution in [0.3, 0.4) is 0 Å². The molecule has 10 nitrogen and oxygen atoms in total. The number of hydrogen-bond donors (Lipinski definition) is 4. The molecule has 5 amide bonds. The number of urea groups is 1. The van der Waals surface area contributed by atoms with E-state index < -0.39 is 12.1 Å². The molecule has 2 aliphatic rings. The number of rotatable bonds is 4. The van der Waals surface area contributed by atoms with E-state index in [1.807, 2.05) is 0 Å². The SMILES string of the molecule is CC1Oc2ccc(NC(=O)NCc3ccc(C(=O)N4CCNC(=O)C4)cc3)cc2NC1=O. The first-order valence-corrected chi connectivity index (χ1v) is 10.2. The molecular formula is C22H23N5O5. The zero-order chi connectivity index (χ0) is 22.7. The molecule has 2 heterocycles. The van der Waals surface area contributed by atoms with Crippen molar-refractivity contribution in [2.75, 3.05) is 30.3 Å². The second-order valence-corrected chi connectivity index (χ2v) is 7.54. The maximum Gasteiger partial charge on any atom is 0.319 e. The Labute approximate surface area is 184 Å². The number of hydrogen-bond acceptors (Lipinski definition) is 5. The first-order chi connectivity index (χ1) is 15.4. The van der Waals surface area contributed by atoms with E-state index in [-0.39, 0.29) is 30.8 Å². The summed E-state index contributed by atoms with van der Waals surface area (Å²) >= 11 is 0. The second kappa shape index (κ2) is 8.96. The largest absolute Gasteiger partial charge is 0.479 e. The van der Waals surface area contributed by atoms with Crippen LogP contribution < -0.4 is 26.0 Å². The molecule has 2 aromatic rings. The first-order valence-electron chi connectivity index (χ1n) is 10.2. The van der Waals surface area contributed by atoms with Crippen molar-refractivity contribution in [3.05, 3.63) is 53.6 Å². The third-order valence-electron chi connectivity index (χ3n) is 5.15. The summed E-state index contributed by atoms with van der Waals surface area (Å²) < 4.78 is 5.49. The third-order valence-corrected chi connectivity index (χ3v) is 5.15. The van der Waals surface area contributed by atoms with Gasteiger partial charge in [0.1, 0.15) is 5.75 Å². The van der Waals surface area contributed by atoms with E-state index in [1.165, 1.54) is 4.90 Å². The molecule has 166 valence electrons. The quantitative estimate of drug-likeness (QED) is 0.573. The van der Waals surface area contributed by atoms with E-state index in [9.17, 15) is 19.2 Å². The average molecular weight is 437 g/mol. The van der Waals surface area contributed by atoms with E-state index in [1.54, 1.807) is 49.4 Å². The van der Waals surface area contributed by atoms with E-state index in [0.29, 0.717) is 35.8 Å². The number of benzene rings is 2. The Morgan fingerprint density at radius 1 is 1.16 bits per heavy atom. The van der Waals surface area contributed by atoms with Gasteiger partial charge in [0.25, 0.3) is 11.8 Å². The van der Waals surface area contributed by atoms with Gasteiger partial charge in [-0.3, -0.25) is 14.4 Å². The Hall–Kier alpha value is -4.08. The topological polar surface area (TPSA) is 129 Å². The van der Waals surface area contributed by atoms with Gasteiger partial charge in [-0.05, 0) is 42.8 Å². The molecule has 1 unspecified atom stereocenters. The Kier molecular flexibility index (Phi) is 5.93. The number of carbonyl (C=O) groups excluding carboxylic acids is 4. The van der Waals surface area contributed by atoms with Gasteiger partial charge in [-0.15, -0.1) is 0 Å². The summed E-state index contributed by atoms with van der Waals surface area (Å²) in [4.78, 5) is 49.5. The van der Waals surface area contributed by atoms with Crippen LogP contribution in [0.5, 0.6) is 5.75 Å². The van der Waals surface area contributed by atoms with Gasteiger partial charge < -0.3 is 30.9 Å². The Balaban J connectivity index is 1.30. The standard InChI is InChI=1S/C22H23N5O5/c1-13-20(29)26-17-10-16(6-7-18(17)32-13)25-22(31)24-11-14-2-4-15(5-3-14)21(30)27-9-8-23-19(28)12-27/h2-7,10,13H,8-9,11-12H2,1H3,(H,23,28)(H,26,29)(H2,24,25,31). The van der Waals surface area contributed by atoms with E-state index in [4.69, 9.17) is 4.74 Å². The van der Waals surface area contributed by atoms with Gasteiger partial charge in [-0.1, -0.05) is 12.1 Å². The number of piperazine rings is 1. The van der Waals surface area contributed by atoms with Crippen LogP contribution in [-0.2, 0) is 16.1 Å². The van der Waals surface area contributed by atoms with Crippen molar-refractivity contribution < 1.29 is 23.9 Å². The predicted octanol–water partition coefficient (Wildman–Crippen LogP) is 1.30. The van der Waals surface area contributed by atoms with Gasteiger partial charge in [0.2, 0.25) is 5.91 Å². The van der Waals surface area contributed by atoms with Gasteiger partial charge in [-0.25, -0.2) is 4.79 Å². The van der Waals surface area contributed by atoms with Crippen LogP contribution in [0, 0.1) is 0 Å². The number of nitrogens with zero attached hydrogens (tertiary/aromatic N) is 1. The molecule has 1 atom stereocenters. The smallest absolute Gasteiger partial charge is 0.319 e. The van der Waals surface area contributed by atoms with Crippen LogP contribution in [0.2, 0.25) is 0 Å². The normalized spacial score (nSPS) is 17.4. The molecule has 0 aromatic heterocycles. The molecule has 0 saturated carbocycles. The molecule has 0 bridgehead atoms. The molecule has 4 rings (SSSR count). The Morgan fingerprint density at radius 3 is 2.69 bits per heavy atom. The molecule has 10 heteroatoms. The minimum atomic E-state index is -0.564. The zero-order valence-corrected chi connectivity index (χ0v) is 17.4. The molecule has 0 radical (unpaired) electrons. The average Bonchev–Trinajstić information content (AvgIpc) is 2.78. The van der Waals surface area contributed by atoms with Crippen LogP contribution in [0.1, 0.15) is 22.8 Å². The van der Waals surface area contributed by atoms with Gasteiger partial charge >= 0.3 is 6.03 Å². The van der Waals surface area contributed by atoms with Gasteiger partial charge in [0, 0.05) is 30.9 Å². The molecule has 1 fully saturated rings. The fourth-order valence-electron chi connectivity index (χ4n) is 3.40. The zero-order valence-electron chi connectivity index (χ0n) is 17.4. The highest BCUT2D eigenvalue weighted by molar-refractivity contribution is 5.99. The fourth-order valence-corrected chi connectivity index (χ4v) is 3.40. The molecular weight excluding hydrogens is 414 g/mol. The third kappa shape index (κ3) is 4.80. The minimum absolute atomic E-state index is 0.0554. The summed E-state index contributed by atoms with van der Waals surface area (Å²) in [5.41, 5.74) is 2.30. The summed E-state index contributed by atoms with van der Waals surface area (Å²) in [5, 5.41) is 10.9. The van der Waals surface area contributed by atoms with Gasteiger partial charge in [0.05, 0.1) is 12.2 Å². The van der Waals surface area contributed by atoms with Crippen LogP contribution in [-0.4, -0.2) is 54.4 Å². The summed E-state index contributed by atoms with van der Waals surface area (Å²) in [6.07, 6.45) is -0.564. The molecule has 0 spiro atoms. The lowest BCUT2D eigenvalue weighted by molar-refractivity contribution is -0.123. The van der Waals surface area contributed by atoms with Gasteiger partial charge in [0.15, 0.2) is 6.10 Å². The van der Waals surface area contributed by atoms with E-state index >= 15 is 0 Å². The maximum atomic E-state index is 12.5. The minimum Gasteiger partial charge on any atom is -0.479 e. The molecule has 2 aromatic carbocycles. The number of amides is 5. The van der Waals surface area contributed by atoms with Crippen molar-refractivity contribution in [3.8, 4) is 5.75 Å². The highest BCUT2D eigenvalue weighted by Crippen LogP contribution is 2.32. The van der Waals surface area contributed by atoms with Crippen LogP contribution in [0.25, 0.3) is 0 Å². The van der Waals surface area contributed by atoms with Gasteiger partial charge in [-0.2, -0.15) is 0 Å². The van der Waals surface area contributed by atoms with Crippen molar-refractivity contribution in [2.24, 2.45) is 0 Å².